The van der Waals surface area contributed by atoms with Gasteiger partial charge in [0.25, 0.3) is 5.91 Å². The van der Waals surface area contributed by atoms with Gasteiger partial charge in [-0.2, -0.15) is 18.2 Å². The molecule has 2 aromatic carbocycles. The molecule has 0 saturated carbocycles. The van der Waals surface area contributed by atoms with Gasteiger partial charge in [0.05, 0.1) is 18.4 Å². The Labute approximate surface area is 256 Å². The number of amidine groups is 1. The lowest BCUT2D eigenvalue weighted by atomic mass is 10.1. The molecule has 236 valence electrons. The summed E-state index contributed by atoms with van der Waals surface area (Å²) in [6.45, 7) is 12.9. The normalized spacial score (nSPS) is 14.6. The van der Waals surface area contributed by atoms with E-state index in [4.69, 9.17) is 4.74 Å². The van der Waals surface area contributed by atoms with Crippen molar-refractivity contribution in [3.05, 3.63) is 64.6 Å². The van der Waals surface area contributed by atoms with Crippen LogP contribution in [0, 0.1) is 6.92 Å². The molecule has 0 aromatic heterocycles. The maximum absolute atomic E-state index is 13.9. The Morgan fingerprint density at radius 3 is 2.57 bits per heavy atom. The van der Waals surface area contributed by atoms with E-state index < -0.39 is 17.6 Å². The van der Waals surface area contributed by atoms with E-state index in [1.807, 2.05) is 25.8 Å². The molecule has 0 saturated heterocycles. The highest BCUT2D eigenvalue weighted by atomic mass is 19.4. The van der Waals surface area contributed by atoms with Crippen LogP contribution in [0.5, 0.6) is 0 Å². The van der Waals surface area contributed by atoms with Gasteiger partial charge in [-0.25, -0.2) is 9.98 Å². The molecule has 1 aliphatic rings. The number of rotatable bonds is 12. The molecule has 3 rings (SSSR count). The molecule has 0 spiro atoms. The number of aryl methyl sites for hydroxylation is 1. The second-order valence-electron chi connectivity index (χ2n) is 10.4. The number of nitrogens with one attached hydrogen (secondary N) is 2. The Kier molecular flexibility index (Phi) is 11.8. The molecule has 2 aromatic rings. The van der Waals surface area contributed by atoms with Crippen molar-refractivity contribution in [2.24, 2.45) is 20.0 Å². The maximum atomic E-state index is 13.9. The van der Waals surface area contributed by atoms with E-state index in [9.17, 15) is 18.0 Å². The van der Waals surface area contributed by atoms with Crippen molar-refractivity contribution >= 4 is 48.3 Å². The Morgan fingerprint density at radius 2 is 1.93 bits per heavy atom. The highest BCUT2D eigenvalue weighted by Gasteiger charge is 2.32. The number of benzene rings is 2. The monoisotopic (exact) mass is 612 g/mol. The Balaban J connectivity index is 1.92. The van der Waals surface area contributed by atoms with Crippen molar-refractivity contribution in [1.29, 1.82) is 0 Å². The lowest BCUT2D eigenvalue weighted by Crippen LogP contribution is -2.36. The van der Waals surface area contributed by atoms with Crippen LogP contribution >= 0.6 is 0 Å². The molecule has 1 aliphatic heterocycles. The summed E-state index contributed by atoms with van der Waals surface area (Å²) in [6.07, 6.45) is -1.35. The van der Waals surface area contributed by atoms with Crippen molar-refractivity contribution in [3.63, 3.8) is 0 Å². The van der Waals surface area contributed by atoms with Crippen LogP contribution in [-0.4, -0.2) is 75.9 Å². The summed E-state index contributed by atoms with van der Waals surface area (Å²) in [6, 6.07) is 8.99. The summed E-state index contributed by atoms with van der Waals surface area (Å²) >= 11 is 0. The number of likely N-dealkylation sites (N-methyl/N-ethyl adjacent to an activating group) is 2. The van der Waals surface area contributed by atoms with Crippen molar-refractivity contribution < 1.29 is 22.7 Å². The second kappa shape index (κ2) is 15.3. The average molecular weight is 613 g/mol. The summed E-state index contributed by atoms with van der Waals surface area (Å²) in [5, 5.41) is 5.84. The SMILES string of the molecule is C=NC=N/C(Nc1cc(C(=O)Nc2cc(N(CC)CCN(C)C(C)C)cc(C(F)(F)F)c2)ccc1C)=C1\CC=NC(OC)=N1. The maximum Gasteiger partial charge on any atom is 0.416 e. The minimum absolute atomic E-state index is 0.0398. The number of hydrogen-bond donors (Lipinski definition) is 2. The van der Waals surface area contributed by atoms with Gasteiger partial charge in [0.15, 0.2) is 5.82 Å². The van der Waals surface area contributed by atoms with Crippen LogP contribution in [0.2, 0.25) is 0 Å². The summed E-state index contributed by atoms with van der Waals surface area (Å²) in [5.74, 6) is -0.236. The van der Waals surface area contributed by atoms with Crippen LogP contribution in [0.15, 0.2) is 67.9 Å². The molecule has 0 unspecified atom stereocenters. The van der Waals surface area contributed by atoms with Crippen molar-refractivity contribution in [1.82, 2.24) is 4.90 Å². The van der Waals surface area contributed by atoms with E-state index in [0.717, 1.165) is 17.7 Å². The molecule has 1 heterocycles. The fraction of sp³-hybridized carbons (Fsp3) is 0.387. The van der Waals surface area contributed by atoms with Gasteiger partial charge in [-0.15, -0.1) is 0 Å². The number of alkyl halides is 3. The fourth-order valence-corrected chi connectivity index (χ4v) is 4.19. The molecule has 1 amide bonds. The number of allylic oxidation sites excluding steroid dienone is 1. The number of hydrogen-bond acceptors (Lipinski definition) is 8. The highest BCUT2D eigenvalue weighted by molar-refractivity contribution is 6.05. The number of amides is 1. The molecule has 0 atom stereocenters. The number of anilines is 3. The Hall–Kier alpha value is -4.52. The van der Waals surface area contributed by atoms with E-state index in [2.05, 4.69) is 56.1 Å². The fourth-order valence-electron chi connectivity index (χ4n) is 4.19. The first kappa shape index (κ1) is 34.0. The zero-order chi connectivity index (χ0) is 32.4. The van der Waals surface area contributed by atoms with E-state index in [-0.39, 0.29) is 17.3 Å². The molecule has 0 radical (unpaired) electrons. The second-order valence-corrected chi connectivity index (χ2v) is 10.4. The van der Waals surface area contributed by atoms with E-state index in [1.54, 1.807) is 30.5 Å². The van der Waals surface area contributed by atoms with Gasteiger partial charge in [-0.05, 0) is 77.4 Å². The number of ether oxygens (including phenoxy) is 1. The third kappa shape index (κ3) is 9.24. The van der Waals surface area contributed by atoms with Crippen LogP contribution < -0.4 is 15.5 Å². The highest BCUT2D eigenvalue weighted by Crippen LogP contribution is 2.35. The van der Waals surface area contributed by atoms with Gasteiger partial charge in [-0.1, -0.05) is 6.07 Å². The van der Waals surface area contributed by atoms with Crippen LogP contribution in [0.1, 0.15) is 48.7 Å². The van der Waals surface area contributed by atoms with Crippen molar-refractivity contribution in [3.8, 4) is 0 Å². The first-order valence-corrected chi connectivity index (χ1v) is 14.1. The van der Waals surface area contributed by atoms with E-state index in [0.29, 0.717) is 55.0 Å². The molecule has 13 heteroatoms. The van der Waals surface area contributed by atoms with Gasteiger partial charge >= 0.3 is 12.2 Å². The minimum Gasteiger partial charge on any atom is -0.467 e. The number of nitrogens with zero attached hydrogens (tertiary/aromatic N) is 6. The summed E-state index contributed by atoms with van der Waals surface area (Å²) in [5.41, 5.74) is 1.63. The third-order valence-corrected chi connectivity index (χ3v) is 7.05. The first-order chi connectivity index (χ1) is 20.9. The van der Waals surface area contributed by atoms with Crippen molar-refractivity contribution in [2.75, 3.05) is 49.3 Å². The predicted octanol–water partition coefficient (Wildman–Crippen LogP) is 6.22. The lowest BCUT2D eigenvalue weighted by Gasteiger charge is -2.29. The Morgan fingerprint density at radius 1 is 1.18 bits per heavy atom. The largest absolute Gasteiger partial charge is 0.467 e. The van der Waals surface area contributed by atoms with Crippen LogP contribution in [0.4, 0.5) is 30.2 Å². The molecule has 44 heavy (non-hydrogen) atoms. The van der Waals surface area contributed by atoms with Crippen LogP contribution in [-0.2, 0) is 10.9 Å². The van der Waals surface area contributed by atoms with E-state index >= 15 is 0 Å². The van der Waals surface area contributed by atoms with Gasteiger partial charge in [0.1, 0.15) is 6.34 Å². The zero-order valence-electron chi connectivity index (χ0n) is 25.9. The molecule has 10 nitrogen and oxygen atoms in total. The lowest BCUT2D eigenvalue weighted by molar-refractivity contribution is -0.137. The van der Waals surface area contributed by atoms with Crippen molar-refractivity contribution in [2.45, 2.75) is 46.3 Å². The topological polar surface area (TPSA) is 106 Å². The molecule has 2 N–H and O–H groups in total. The van der Waals surface area contributed by atoms with Crippen LogP contribution in [0.3, 0.4) is 0 Å². The number of halogens is 3. The molecular formula is C31H39F3N8O2. The predicted molar refractivity (Wildman–Crippen MR) is 172 cm³/mol. The van der Waals surface area contributed by atoms with Gasteiger partial charge in [-0.3, -0.25) is 9.79 Å². The first-order valence-electron chi connectivity index (χ1n) is 14.1. The van der Waals surface area contributed by atoms with Gasteiger partial charge in [0, 0.05) is 60.9 Å². The van der Waals surface area contributed by atoms with Gasteiger partial charge in [0.2, 0.25) is 0 Å². The third-order valence-electron chi connectivity index (χ3n) is 7.05. The zero-order valence-corrected chi connectivity index (χ0v) is 25.9. The van der Waals surface area contributed by atoms with Gasteiger partial charge < -0.3 is 25.2 Å². The number of methoxy groups -OCH3 is 1. The number of carbonyl (C=O) groups is 1. The molecular weight excluding hydrogens is 573 g/mol. The summed E-state index contributed by atoms with van der Waals surface area (Å²) in [7, 11) is 3.42. The minimum atomic E-state index is -4.59. The Bertz CT molecular complexity index is 1460. The molecule has 0 aliphatic carbocycles. The quantitative estimate of drug-likeness (QED) is 0.219. The molecule has 0 bridgehead atoms. The summed E-state index contributed by atoms with van der Waals surface area (Å²) < 4.78 is 46.8. The average Bonchev–Trinajstić information content (AvgIpc) is 2.99. The van der Waals surface area contributed by atoms with Crippen LogP contribution in [0.25, 0.3) is 0 Å². The van der Waals surface area contributed by atoms with E-state index in [1.165, 1.54) is 13.4 Å². The summed E-state index contributed by atoms with van der Waals surface area (Å²) in [4.78, 5) is 33.7. The number of carbonyl (C=O) groups excluding carboxylic acids is 1. The standard InChI is InChI=1S/C31H39F3N8O2/c1-8-42(14-13-41(6)20(2)3)25-17-23(31(32,33)34)16-24(18-25)38-29(43)22-10-9-21(4)27(15-22)39-28(37-19-35-5)26-11-12-36-30(40-26)44-7/h9-10,12,15-20,39H,5,8,11,13-14H2,1-4,6-7H3,(H,38,43)/b28-26-,37-19?. The number of aliphatic imine (C=N–C) groups is 4. The smallest absolute Gasteiger partial charge is 0.416 e. The molecule has 0 fully saturated rings.